The van der Waals surface area contributed by atoms with Crippen molar-refractivity contribution in [2.24, 2.45) is 22.9 Å². The van der Waals surface area contributed by atoms with Gasteiger partial charge in [0.2, 0.25) is 0 Å². The first kappa shape index (κ1) is 8.25. The van der Waals surface area contributed by atoms with Gasteiger partial charge >= 0.3 is 0 Å². The summed E-state index contributed by atoms with van der Waals surface area (Å²) in [5, 5.41) is 7.09. The van der Waals surface area contributed by atoms with Gasteiger partial charge in [-0.3, -0.25) is 5.41 Å². The molecule has 0 aromatic rings. The molecule has 66 valence electrons. The Labute approximate surface area is 69.3 Å². The Morgan fingerprint density at radius 3 is 2.50 bits per heavy atom. The molecule has 12 heavy (non-hydrogen) atoms. The van der Waals surface area contributed by atoms with Crippen LogP contribution in [-0.2, 0) is 4.74 Å². The highest BCUT2D eigenvalue weighted by Gasteiger charge is 2.23. The predicted molar refractivity (Wildman–Crippen MR) is 44.5 cm³/mol. The molecule has 0 spiro atoms. The number of rotatable bonds is 1. The van der Waals surface area contributed by atoms with Crippen molar-refractivity contribution in [2.75, 3.05) is 0 Å². The summed E-state index contributed by atoms with van der Waals surface area (Å²) in [6.07, 6.45) is 0.454. The first-order chi connectivity index (χ1) is 5.54. The fourth-order valence-electron chi connectivity index (χ4n) is 0.827. The Morgan fingerprint density at radius 1 is 1.42 bits per heavy atom. The van der Waals surface area contributed by atoms with Crippen LogP contribution < -0.4 is 22.9 Å². The summed E-state index contributed by atoms with van der Waals surface area (Å²) in [6, 6.07) is 0. The van der Waals surface area contributed by atoms with Crippen LogP contribution in [0.4, 0.5) is 0 Å². The highest BCUT2D eigenvalue weighted by molar-refractivity contribution is 5.85. The molecule has 0 bridgehead atoms. The van der Waals surface area contributed by atoms with Crippen molar-refractivity contribution in [1.29, 1.82) is 5.41 Å². The zero-order chi connectivity index (χ0) is 9.30. The Kier molecular flexibility index (Phi) is 1.82. The number of amidine groups is 1. The molecule has 1 heterocycles. The Hall–Kier alpha value is -1.85. The van der Waals surface area contributed by atoms with E-state index >= 15 is 0 Å². The molecule has 0 fully saturated rings. The zero-order valence-corrected chi connectivity index (χ0v) is 6.37. The van der Waals surface area contributed by atoms with Gasteiger partial charge in [-0.05, 0) is 0 Å². The van der Waals surface area contributed by atoms with Crippen LogP contribution in [0.15, 0.2) is 23.4 Å². The fraction of sp³-hybridized carbons (Fsp3) is 0.167. The van der Waals surface area contributed by atoms with Gasteiger partial charge in [0.1, 0.15) is 12.1 Å². The predicted octanol–water partition coefficient (Wildman–Crippen LogP) is -1.75. The lowest BCUT2D eigenvalue weighted by molar-refractivity contribution is 0.219. The van der Waals surface area contributed by atoms with Crippen LogP contribution >= 0.6 is 0 Å². The van der Waals surface area contributed by atoms with Crippen LogP contribution in [0.25, 0.3) is 0 Å². The number of nitrogens with one attached hydrogen (secondary N) is 1. The summed E-state index contributed by atoms with van der Waals surface area (Å²) in [6.45, 7) is 0. The maximum Gasteiger partial charge on any atom is 0.195 e. The first-order valence-electron chi connectivity index (χ1n) is 3.24. The molecule has 1 aliphatic heterocycles. The number of hydrogen-bond donors (Lipinski definition) is 5. The average Bonchev–Trinajstić information content (AvgIpc) is 2.00. The molecule has 0 saturated heterocycles. The minimum Gasteiger partial charge on any atom is -0.482 e. The maximum absolute atomic E-state index is 7.09. The quantitative estimate of drug-likeness (QED) is 0.234. The topological polar surface area (TPSA) is 137 Å². The van der Waals surface area contributed by atoms with Crippen molar-refractivity contribution in [1.82, 2.24) is 0 Å². The summed E-state index contributed by atoms with van der Waals surface area (Å²) < 4.78 is 4.93. The minimum atomic E-state index is -0.780. The van der Waals surface area contributed by atoms with Gasteiger partial charge in [0.15, 0.2) is 6.10 Å². The molecule has 0 aromatic carbocycles. The second-order valence-corrected chi connectivity index (χ2v) is 2.41. The van der Waals surface area contributed by atoms with Crippen LogP contribution in [0.2, 0.25) is 0 Å². The zero-order valence-electron chi connectivity index (χ0n) is 6.37. The molecule has 1 unspecified atom stereocenters. The van der Waals surface area contributed by atoms with E-state index in [9.17, 15) is 0 Å². The molecule has 0 amide bonds. The SMILES string of the molecule is N=C(N)C1OC=C(N)C(N)=C1N. The van der Waals surface area contributed by atoms with Gasteiger partial charge in [-0.2, -0.15) is 0 Å². The smallest absolute Gasteiger partial charge is 0.195 e. The second kappa shape index (κ2) is 2.65. The molecule has 0 aromatic heterocycles. The molecule has 0 aliphatic carbocycles. The van der Waals surface area contributed by atoms with E-state index in [0.29, 0.717) is 0 Å². The number of hydrogen-bond acceptors (Lipinski definition) is 5. The van der Waals surface area contributed by atoms with E-state index in [1.165, 1.54) is 6.26 Å². The first-order valence-corrected chi connectivity index (χ1v) is 3.24. The standard InChI is InChI=1S/C6H11N5O/c7-2-1-12-5(6(10)11)4(9)3(2)8/h1,5H,7-9H2,(H3,10,11). The molecule has 0 saturated carbocycles. The third kappa shape index (κ3) is 1.14. The normalized spacial score (nSPS) is 23.0. The van der Waals surface area contributed by atoms with E-state index in [1.807, 2.05) is 0 Å². The van der Waals surface area contributed by atoms with E-state index in [4.69, 9.17) is 33.1 Å². The largest absolute Gasteiger partial charge is 0.482 e. The lowest BCUT2D eigenvalue weighted by atomic mass is 10.1. The van der Waals surface area contributed by atoms with E-state index in [1.54, 1.807) is 0 Å². The van der Waals surface area contributed by atoms with Crippen molar-refractivity contribution in [3.8, 4) is 0 Å². The molecule has 1 aliphatic rings. The van der Waals surface area contributed by atoms with Crippen molar-refractivity contribution in [2.45, 2.75) is 6.10 Å². The minimum absolute atomic E-state index is 0.183. The highest BCUT2D eigenvalue weighted by Crippen LogP contribution is 2.14. The van der Waals surface area contributed by atoms with Crippen molar-refractivity contribution in [3.05, 3.63) is 23.4 Å². The molecule has 0 radical (unpaired) electrons. The van der Waals surface area contributed by atoms with Crippen LogP contribution in [0, 0.1) is 5.41 Å². The molecule has 6 heteroatoms. The summed E-state index contributed by atoms with van der Waals surface area (Å²) >= 11 is 0. The summed E-state index contributed by atoms with van der Waals surface area (Å²) in [4.78, 5) is 0. The number of nitrogens with two attached hydrogens (primary N) is 4. The van der Waals surface area contributed by atoms with Crippen molar-refractivity contribution < 1.29 is 4.74 Å². The second-order valence-electron chi connectivity index (χ2n) is 2.41. The van der Waals surface area contributed by atoms with Gasteiger partial charge in [-0.1, -0.05) is 0 Å². The lowest BCUT2D eigenvalue weighted by Gasteiger charge is -2.22. The van der Waals surface area contributed by atoms with Gasteiger partial charge in [0.05, 0.1) is 17.1 Å². The molecule has 1 rings (SSSR count). The van der Waals surface area contributed by atoms with Crippen LogP contribution in [0.5, 0.6) is 0 Å². The highest BCUT2D eigenvalue weighted by atomic mass is 16.5. The Morgan fingerprint density at radius 2 is 2.00 bits per heavy atom. The van der Waals surface area contributed by atoms with E-state index in [-0.39, 0.29) is 22.9 Å². The van der Waals surface area contributed by atoms with Gasteiger partial charge < -0.3 is 27.7 Å². The fourth-order valence-corrected chi connectivity index (χ4v) is 0.827. The summed E-state index contributed by atoms with van der Waals surface area (Å²) in [7, 11) is 0. The van der Waals surface area contributed by atoms with Crippen molar-refractivity contribution in [3.63, 3.8) is 0 Å². The monoisotopic (exact) mass is 169 g/mol. The van der Waals surface area contributed by atoms with Gasteiger partial charge in [-0.15, -0.1) is 0 Å². The molecule has 9 N–H and O–H groups in total. The average molecular weight is 169 g/mol. The third-order valence-electron chi connectivity index (χ3n) is 1.52. The Bertz CT molecular complexity index is 280. The summed E-state index contributed by atoms with van der Waals surface area (Å²) in [5.41, 5.74) is 22.2. The van der Waals surface area contributed by atoms with Gasteiger partial charge in [-0.25, -0.2) is 0 Å². The third-order valence-corrected chi connectivity index (χ3v) is 1.52. The maximum atomic E-state index is 7.09. The van der Waals surface area contributed by atoms with Crippen LogP contribution in [0.3, 0.4) is 0 Å². The van der Waals surface area contributed by atoms with Crippen LogP contribution in [0.1, 0.15) is 0 Å². The summed E-state index contributed by atoms with van der Waals surface area (Å²) in [5.74, 6) is -0.195. The van der Waals surface area contributed by atoms with E-state index in [0.717, 1.165) is 0 Å². The molecule has 1 atom stereocenters. The van der Waals surface area contributed by atoms with Crippen molar-refractivity contribution >= 4 is 5.84 Å². The molecular formula is C6H11N5O. The Balaban J connectivity index is 2.98. The van der Waals surface area contributed by atoms with Gasteiger partial charge in [0, 0.05) is 0 Å². The van der Waals surface area contributed by atoms with Crippen LogP contribution in [-0.4, -0.2) is 11.9 Å². The van der Waals surface area contributed by atoms with Gasteiger partial charge in [0.25, 0.3) is 0 Å². The molecule has 6 nitrogen and oxygen atoms in total. The number of ether oxygens (including phenoxy) is 1. The molecular weight excluding hydrogens is 158 g/mol. The van der Waals surface area contributed by atoms with E-state index in [2.05, 4.69) is 0 Å². The van der Waals surface area contributed by atoms with E-state index < -0.39 is 6.10 Å². The lowest BCUT2D eigenvalue weighted by Crippen LogP contribution is -2.39.